The standard InChI is InChI=1S/C27H23F4N7O2/c1-26(2,3)25-37-24(40-38-25)23(39)34-12-14-5-4-13(10-18(14)28)16-8-9-33-22-20(16)35-21(36-22)17-11-15(27(29,30)31)6-7-19(17)32/h4-11H,12,32H2,1-3H3,(H,34,39)(H,33,35,36). The normalized spacial score (nSPS) is 12.2. The third-order valence-electron chi connectivity index (χ3n) is 6.12. The van der Waals surface area contributed by atoms with Crippen molar-refractivity contribution in [1.82, 2.24) is 30.4 Å². The molecule has 206 valence electrons. The van der Waals surface area contributed by atoms with Crippen molar-refractivity contribution in [3.05, 3.63) is 77.3 Å². The van der Waals surface area contributed by atoms with E-state index in [-0.39, 0.29) is 40.7 Å². The van der Waals surface area contributed by atoms with Crippen LogP contribution in [0, 0.1) is 5.82 Å². The molecule has 13 heteroatoms. The van der Waals surface area contributed by atoms with Gasteiger partial charge in [0.2, 0.25) is 0 Å². The summed E-state index contributed by atoms with van der Waals surface area (Å²) in [6.07, 6.45) is -3.10. The van der Waals surface area contributed by atoms with E-state index >= 15 is 4.39 Å². The second kappa shape index (κ2) is 9.74. The van der Waals surface area contributed by atoms with E-state index in [2.05, 4.69) is 30.4 Å². The highest BCUT2D eigenvalue weighted by atomic mass is 19.4. The van der Waals surface area contributed by atoms with Crippen LogP contribution >= 0.6 is 0 Å². The molecule has 0 fully saturated rings. The van der Waals surface area contributed by atoms with Gasteiger partial charge in [0.15, 0.2) is 11.5 Å². The zero-order valence-electron chi connectivity index (χ0n) is 21.5. The molecule has 0 aliphatic carbocycles. The molecular weight excluding hydrogens is 530 g/mol. The van der Waals surface area contributed by atoms with Crippen LogP contribution < -0.4 is 11.1 Å². The molecule has 3 heterocycles. The Labute approximate surface area is 224 Å². The van der Waals surface area contributed by atoms with Gasteiger partial charge in [-0.1, -0.05) is 38.1 Å². The van der Waals surface area contributed by atoms with Crippen LogP contribution in [0.15, 0.2) is 53.2 Å². The van der Waals surface area contributed by atoms with E-state index in [9.17, 15) is 18.0 Å². The molecule has 0 bridgehead atoms. The van der Waals surface area contributed by atoms with E-state index in [1.54, 1.807) is 12.1 Å². The van der Waals surface area contributed by atoms with Crippen molar-refractivity contribution in [2.24, 2.45) is 0 Å². The molecule has 2 aromatic carbocycles. The maximum absolute atomic E-state index is 15.1. The Bertz CT molecular complexity index is 1740. The highest BCUT2D eigenvalue weighted by Crippen LogP contribution is 2.36. The highest BCUT2D eigenvalue weighted by molar-refractivity contribution is 5.92. The number of benzene rings is 2. The summed E-state index contributed by atoms with van der Waals surface area (Å²) in [7, 11) is 0. The quantitative estimate of drug-likeness (QED) is 0.189. The van der Waals surface area contributed by atoms with E-state index in [1.807, 2.05) is 20.8 Å². The monoisotopic (exact) mass is 553 g/mol. The average Bonchev–Trinajstić information content (AvgIpc) is 3.55. The summed E-state index contributed by atoms with van der Waals surface area (Å²) in [4.78, 5) is 28.0. The Hall–Kier alpha value is -4.81. The van der Waals surface area contributed by atoms with Crippen LogP contribution in [0.5, 0.6) is 0 Å². The molecule has 3 aromatic heterocycles. The van der Waals surface area contributed by atoms with Gasteiger partial charge in [0, 0.05) is 40.5 Å². The SMILES string of the molecule is CC(C)(C)c1noc(C(=O)NCc2ccc(-c3ccnc4nc(-c5cc(C(F)(F)F)ccc5N)[nH]c34)cc2F)n1. The first-order chi connectivity index (χ1) is 18.8. The minimum atomic E-state index is -4.56. The molecule has 4 N–H and O–H groups in total. The van der Waals surface area contributed by atoms with Crippen LogP contribution in [-0.2, 0) is 18.1 Å². The second-order valence-electron chi connectivity index (χ2n) is 10.1. The molecule has 0 saturated carbocycles. The number of nitrogen functional groups attached to an aromatic ring is 1. The summed E-state index contributed by atoms with van der Waals surface area (Å²) >= 11 is 0. The number of carbonyl (C=O) groups is 1. The number of imidazole rings is 1. The molecule has 40 heavy (non-hydrogen) atoms. The summed E-state index contributed by atoms with van der Waals surface area (Å²) in [5.41, 5.74) is 6.61. The number of nitrogens with one attached hydrogen (secondary N) is 2. The van der Waals surface area contributed by atoms with E-state index in [0.717, 1.165) is 18.2 Å². The number of hydrogen-bond acceptors (Lipinski definition) is 7. The molecule has 0 saturated heterocycles. The zero-order chi connectivity index (χ0) is 28.8. The number of fused-ring (bicyclic) bond motifs is 1. The Kier molecular flexibility index (Phi) is 6.52. The number of halogens is 4. The number of hydrogen-bond donors (Lipinski definition) is 3. The number of carbonyl (C=O) groups excluding carboxylic acids is 1. The number of alkyl halides is 3. The number of H-pyrrole nitrogens is 1. The summed E-state index contributed by atoms with van der Waals surface area (Å²) in [5.74, 6) is -0.993. The van der Waals surface area contributed by atoms with Crippen molar-refractivity contribution in [2.75, 3.05) is 5.73 Å². The highest BCUT2D eigenvalue weighted by Gasteiger charge is 2.31. The van der Waals surface area contributed by atoms with Crippen molar-refractivity contribution in [2.45, 2.75) is 38.9 Å². The number of nitrogens with two attached hydrogens (primary N) is 1. The first kappa shape index (κ1) is 26.8. The van der Waals surface area contributed by atoms with Gasteiger partial charge in [0.25, 0.3) is 0 Å². The number of amides is 1. The van der Waals surface area contributed by atoms with Crippen molar-refractivity contribution in [3.8, 4) is 22.5 Å². The molecular formula is C27H23F4N7O2. The molecule has 5 aromatic rings. The molecule has 5 rings (SSSR count). The van der Waals surface area contributed by atoms with Crippen molar-refractivity contribution >= 4 is 22.8 Å². The van der Waals surface area contributed by atoms with Crippen LogP contribution in [0.2, 0.25) is 0 Å². The molecule has 0 atom stereocenters. The lowest BCUT2D eigenvalue weighted by molar-refractivity contribution is -0.137. The number of pyridine rings is 1. The van der Waals surface area contributed by atoms with Crippen molar-refractivity contribution in [3.63, 3.8) is 0 Å². The van der Waals surface area contributed by atoms with Gasteiger partial charge in [0.1, 0.15) is 11.6 Å². The third kappa shape index (κ3) is 5.22. The first-order valence-corrected chi connectivity index (χ1v) is 12.0. The van der Waals surface area contributed by atoms with Gasteiger partial charge in [-0.2, -0.15) is 18.2 Å². The van der Waals surface area contributed by atoms with Crippen LogP contribution in [0.4, 0.5) is 23.2 Å². The van der Waals surface area contributed by atoms with Gasteiger partial charge < -0.3 is 20.6 Å². The maximum Gasteiger partial charge on any atom is 0.416 e. The van der Waals surface area contributed by atoms with Crippen LogP contribution in [0.25, 0.3) is 33.7 Å². The fourth-order valence-corrected chi connectivity index (χ4v) is 3.95. The predicted molar refractivity (Wildman–Crippen MR) is 138 cm³/mol. The maximum atomic E-state index is 15.1. The van der Waals surface area contributed by atoms with Gasteiger partial charge >= 0.3 is 18.0 Å². The Balaban J connectivity index is 1.40. The number of anilines is 1. The van der Waals surface area contributed by atoms with Gasteiger partial charge in [-0.15, -0.1) is 0 Å². The molecule has 0 aliphatic heterocycles. The Morgan fingerprint density at radius 2 is 1.82 bits per heavy atom. The number of aromatic amines is 1. The number of rotatable bonds is 5. The topological polar surface area (TPSA) is 136 Å². The third-order valence-corrected chi connectivity index (χ3v) is 6.12. The zero-order valence-corrected chi connectivity index (χ0v) is 21.5. The average molecular weight is 554 g/mol. The van der Waals surface area contributed by atoms with Crippen LogP contribution in [0.1, 0.15) is 48.4 Å². The van der Waals surface area contributed by atoms with E-state index < -0.39 is 28.9 Å². The summed E-state index contributed by atoms with van der Waals surface area (Å²) in [6, 6.07) is 9.01. The van der Waals surface area contributed by atoms with Crippen molar-refractivity contribution in [1.29, 1.82) is 0 Å². The molecule has 0 unspecified atom stereocenters. The first-order valence-electron chi connectivity index (χ1n) is 12.0. The lowest BCUT2D eigenvalue weighted by atomic mass is 9.96. The minimum absolute atomic E-state index is 0.0620. The van der Waals surface area contributed by atoms with Crippen LogP contribution in [-0.4, -0.2) is 31.0 Å². The molecule has 9 nitrogen and oxygen atoms in total. The van der Waals surface area contributed by atoms with E-state index in [0.29, 0.717) is 22.5 Å². The summed E-state index contributed by atoms with van der Waals surface area (Å²) in [5, 5.41) is 6.36. The van der Waals surface area contributed by atoms with Crippen molar-refractivity contribution < 1.29 is 26.9 Å². The number of nitrogens with zero attached hydrogens (tertiary/aromatic N) is 4. The number of aromatic nitrogens is 5. The molecule has 0 radical (unpaired) electrons. The summed E-state index contributed by atoms with van der Waals surface area (Å²) in [6.45, 7) is 5.49. The van der Waals surface area contributed by atoms with Crippen LogP contribution in [0.3, 0.4) is 0 Å². The Morgan fingerprint density at radius 3 is 2.50 bits per heavy atom. The fourth-order valence-electron chi connectivity index (χ4n) is 3.95. The Morgan fingerprint density at radius 1 is 1.05 bits per heavy atom. The fraction of sp³-hybridized carbons (Fsp3) is 0.222. The molecule has 0 spiro atoms. The van der Waals surface area contributed by atoms with Gasteiger partial charge in [-0.25, -0.2) is 14.4 Å². The summed E-state index contributed by atoms with van der Waals surface area (Å²) < 4.78 is 59.8. The smallest absolute Gasteiger partial charge is 0.398 e. The van der Waals surface area contributed by atoms with Gasteiger partial charge in [0.05, 0.1) is 11.1 Å². The molecule has 1 amide bonds. The van der Waals surface area contributed by atoms with E-state index in [4.69, 9.17) is 10.3 Å². The van der Waals surface area contributed by atoms with Gasteiger partial charge in [-0.3, -0.25) is 4.79 Å². The lowest BCUT2D eigenvalue weighted by Gasteiger charge is -2.10. The van der Waals surface area contributed by atoms with Gasteiger partial charge in [-0.05, 0) is 35.9 Å². The largest absolute Gasteiger partial charge is 0.416 e. The lowest BCUT2D eigenvalue weighted by Crippen LogP contribution is -2.24. The minimum Gasteiger partial charge on any atom is -0.398 e. The second-order valence-corrected chi connectivity index (χ2v) is 10.1. The molecule has 0 aliphatic rings. The van der Waals surface area contributed by atoms with E-state index in [1.165, 1.54) is 18.3 Å². The predicted octanol–water partition coefficient (Wildman–Crippen LogP) is 5.64.